The van der Waals surface area contributed by atoms with E-state index in [-0.39, 0.29) is 5.92 Å². The maximum Gasteiger partial charge on any atom is 0.0917 e. The van der Waals surface area contributed by atoms with Crippen LogP contribution in [0.2, 0.25) is 0 Å². The van der Waals surface area contributed by atoms with E-state index in [1.807, 2.05) is 36.4 Å². The van der Waals surface area contributed by atoms with Gasteiger partial charge in [-0.1, -0.05) is 45.0 Å². The van der Waals surface area contributed by atoms with E-state index in [4.69, 9.17) is 49.8 Å². The molecule has 2 N–H and O–H groups in total. The van der Waals surface area contributed by atoms with E-state index >= 15 is 0 Å². The van der Waals surface area contributed by atoms with Gasteiger partial charge in [-0.05, 0) is 182 Å². The monoisotopic (exact) mass is 982 g/mol. The predicted octanol–water partition coefficient (Wildman–Crippen LogP) is 15.1. The number of aryl methyl sites for hydroxylation is 3. The highest BCUT2D eigenvalue weighted by Gasteiger charge is 2.21. The number of nitrogens with zero attached hydrogens (tertiary/aromatic N) is 10. The summed E-state index contributed by atoms with van der Waals surface area (Å²) in [5.74, 6) is 0.231. The van der Waals surface area contributed by atoms with Crippen molar-refractivity contribution < 1.29 is 0 Å². The third-order valence-electron chi connectivity index (χ3n) is 15.3. The van der Waals surface area contributed by atoms with E-state index in [1.54, 1.807) is 0 Å². The molecule has 362 valence electrons. The average molecular weight is 983 g/mol. The van der Waals surface area contributed by atoms with Crippen LogP contribution in [0.15, 0.2) is 121 Å². The number of fused-ring (bicyclic) bond motifs is 16. The Balaban J connectivity index is 0.954. The lowest BCUT2D eigenvalue weighted by Gasteiger charge is -2.11. The Kier molecular flexibility index (Phi) is 9.62. The summed E-state index contributed by atoms with van der Waals surface area (Å²) >= 11 is 0. The number of hydrogen-bond acceptors (Lipinski definition) is 10. The lowest BCUT2D eigenvalue weighted by atomic mass is 9.97. The van der Waals surface area contributed by atoms with Crippen LogP contribution in [0.3, 0.4) is 0 Å². The number of rotatable bonds is 5. The molecule has 7 aromatic heterocycles. The van der Waals surface area contributed by atoms with Crippen molar-refractivity contribution in [3.8, 4) is 22.3 Å². The molecule has 0 fully saturated rings. The molecule has 13 aromatic rings. The summed E-state index contributed by atoms with van der Waals surface area (Å²) in [6, 6.07) is 41.6. The average Bonchev–Trinajstić information content (AvgIpc) is 4.31. The summed E-state index contributed by atoms with van der Waals surface area (Å²) < 4.78 is 0. The molecule has 15 rings (SSSR count). The van der Waals surface area contributed by atoms with Gasteiger partial charge in [-0.2, -0.15) is 0 Å². The largest absolute Gasteiger partial charge is 0.355 e. The lowest BCUT2D eigenvalue weighted by Crippen LogP contribution is -1.96. The Morgan fingerprint density at radius 2 is 0.750 bits per heavy atom. The van der Waals surface area contributed by atoms with Crippen LogP contribution in [0, 0.1) is 13.8 Å². The van der Waals surface area contributed by atoms with Gasteiger partial charge in [0.25, 0.3) is 0 Å². The number of hydrogen-bond donors (Lipinski definition) is 2. The number of nitrogens with one attached hydrogen (secondary N) is 2. The molecule has 76 heavy (non-hydrogen) atoms. The molecule has 0 saturated heterocycles. The smallest absolute Gasteiger partial charge is 0.0917 e. The summed E-state index contributed by atoms with van der Waals surface area (Å²) in [6.07, 6.45) is 10.4. The van der Waals surface area contributed by atoms with E-state index < -0.39 is 0 Å². The minimum atomic E-state index is 0.231. The van der Waals surface area contributed by atoms with Crippen LogP contribution >= 0.6 is 0 Å². The van der Waals surface area contributed by atoms with Gasteiger partial charge >= 0.3 is 0 Å². The van der Waals surface area contributed by atoms with Gasteiger partial charge in [0.05, 0.1) is 111 Å². The third-order valence-corrected chi connectivity index (χ3v) is 15.3. The SMILES string of the molecule is CCc1ccc2nc3cc4nc5cc(-c6c7nc(c(-c8ccc9nc%10cc%11nc%12cc(C)ccc%12nc%11cc%10nc9c8)c8ccc([nH]8)c(C(C)CC)c8nc(c(C)c9ccc6[nH]9)C=C8)C=C7)ccc5nc4cc3nc2c1. The van der Waals surface area contributed by atoms with Crippen molar-refractivity contribution in [3.63, 3.8) is 0 Å². The highest BCUT2D eigenvalue weighted by Crippen LogP contribution is 2.38. The minimum Gasteiger partial charge on any atom is -0.355 e. The molecule has 0 aliphatic carbocycles. The van der Waals surface area contributed by atoms with Crippen LogP contribution in [0.4, 0.5) is 0 Å². The van der Waals surface area contributed by atoms with Crippen LogP contribution < -0.4 is 0 Å². The van der Waals surface area contributed by atoms with Crippen LogP contribution in [0.5, 0.6) is 0 Å². The zero-order valence-corrected chi connectivity index (χ0v) is 42.3. The second-order valence-electron chi connectivity index (χ2n) is 20.2. The third kappa shape index (κ3) is 7.12. The molecule has 9 heterocycles. The predicted molar refractivity (Wildman–Crippen MR) is 310 cm³/mol. The van der Waals surface area contributed by atoms with Crippen molar-refractivity contribution >= 4 is 135 Å². The Bertz CT molecular complexity index is 4970. The van der Waals surface area contributed by atoms with Gasteiger partial charge in [0.1, 0.15) is 0 Å². The maximum atomic E-state index is 5.58. The summed E-state index contributed by atoms with van der Waals surface area (Å²) in [5.41, 5.74) is 28.3. The first-order valence-corrected chi connectivity index (χ1v) is 25.9. The summed E-state index contributed by atoms with van der Waals surface area (Å²) in [6.45, 7) is 10.8. The lowest BCUT2D eigenvalue weighted by molar-refractivity contribution is 0.734. The van der Waals surface area contributed by atoms with Gasteiger partial charge in [-0.3, -0.25) is 0 Å². The molecule has 0 amide bonds. The molecular weight excluding hydrogens is 937 g/mol. The molecule has 2 aliphatic heterocycles. The number of H-pyrrole nitrogens is 2. The molecule has 0 radical (unpaired) electrons. The molecular formula is C64H46N12. The van der Waals surface area contributed by atoms with Crippen LogP contribution in [-0.2, 0) is 6.42 Å². The fourth-order valence-corrected chi connectivity index (χ4v) is 11.1. The van der Waals surface area contributed by atoms with Crippen molar-refractivity contribution in [1.29, 1.82) is 0 Å². The van der Waals surface area contributed by atoms with E-state index in [0.29, 0.717) is 0 Å². The van der Waals surface area contributed by atoms with E-state index in [0.717, 1.165) is 179 Å². The Labute approximate surface area is 434 Å². The highest BCUT2D eigenvalue weighted by atomic mass is 14.9. The van der Waals surface area contributed by atoms with Crippen molar-refractivity contribution in [1.82, 2.24) is 59.8 Å². The first-order chi connectivity index (χ1) is 37.2. The van der Waals surface area contributed by atoms with Crippen molar-refractivity contribution in [3.05, 3.63) is 166 Å². The minimum absolute atomic E-state index is 0.231. The van der Waals surface area contributed by atoms with Crippen LogP contribution in [-0.4, -0.2) is 59.8 Å². The quantitative estimate of drug-likeness (QED) is 0.159. The second-order valence-corrected chi connectivity index (χ2v) is 20.2. The Hall–Kier alpha value is -9.68. The van der Waals surface area contributed by atoms with Gasteiger partial charge in [0, 0.05) is 38.8 Å². The topological polar surface area (TPSA) is 160 Å². The fourth-order valence-electron chi connectivity index (χ4n) is 11.1. The Morgan fingerprint density at radius 1 is 0.355 bits per heavy atom. The van der Waals surface area contributed by atoms with Crippen molar-refractivity contribution in [2.45, 2.75) is 53.4 Å². The summed E-state index contributed by atoms with van der Waals surface area (Å²) in [5, 5.41) is 0. The maximum absolute atomic E-state index is 5.58. The summed E-state index contributed by atoms with van der Waals surface area (Å²) in [4.78, 5) is 59.3. The van der Waals surface area contributed by atoms with Gasteiger partial charge in [0.2, 0.25) is 0 Å². The van der Waals surface area contributed by atoms with Gasteiger partial charge < -0.3 is 9.97 Å². The van der Waals surface area contributed by atoms with Gasteiger partial charge in [-0.15, -0.1) is 0 Å². The summed E-state index contributed by atoms with van der Waals surface area (Å²) in [7, 11) is 0. The van der Waals surface area contributed by atoms with Gasteiger partial charge in [-0.25, -0.2) is 49.8 Å². The Morgan fingerprint density at radius 3 is 1.28 bits per heavy atom. The molecule has 0 saturated carbocycles. The molecule has 12 heteroatoms. The fraction of sp³-hybridized carbons (Fsp3) is 0.125. The molecule has 0 spiro atoms. The normalized spacial score (nSPS) is 13.0. The second kappa shape index (κ2) is 16.7. The number of benzene rings is 6. The van der Waals surface area contributed by atoms with E-state index in [9.17, 15) is 0 Å². The first-order valence-electron chi connectivity index (χ1n) is 25.9. The van der Waals surface area contributed by atoms with Crippen molar-refractivity contribution in [2.24, 2.45) is 0 Å². The first kappa shape index (κ1) is 43.9. The van der Waals surface area contributed by atoms with Crippen LogP contribution in [0.1, 0.15) is 78.1 Å². The molecule has 1 unspecified atom stereocenters. The molecule has 2 aliphatic rings. The highest BCUT2D eigenvalue weighted by molar-refractivity contribution is 6.02. The van der Waals surface area contributed by atoms with E-state index in [1.165, 1.54) is 11.1 Å². The zero-order valence-electron chi connectivity index (χ0n) is 42.3. The molecule has 1 atom stereocenters. The van der Waals surface area contributed by atoms with Crippen LogP contribution in [0.25, 0.3) is 157 Å². The van der Waals surface area contributed by atoms with Gasteiger partial charge in [0.15, 0.2) is 0 Å². The van der Waals surface area contributed by atoms with E-state index in [2.05, 4.69) is 154 Å². The molecule has 8 bridgehead atoms. The zero-order chi connectivity index (χ0) is 50.9. The standard InChI is InChI=1S/C64H46N12/c1-6-33(4)62-44-18-16-38(65-44)34(5)39-17-19-46(66-39)63(36-10-14-42-52(26-36)75-61-31-55-59(29-57(61)70-42)74-51-25-35(7-2)9-13-41(51)68-55)48-22-23-49(72-48)64(47-21-20-45(62)71-47)37-11-15-43-53(27-37)76-60-30-54-58(28-56(60)69-43)73-50-24-32(3)8-12-40(50)67-54/h8-31,33,66,71H,6-7H2,1-5H3. The van der Waals surface area contributed by atoms with Crippen molar-refractivity contribution in [2.75, 3.05) is 0 Å². The molecule has 12 nitrogen and oxygen atoms in total. The number of aromatic amines is 2. The molecule has 6 aromatic carbocycles. The number of aromatic nitrogens is 12.